The van der Waals surface area contributed by atoms with Crippen molar-refractivity contribution in [1.82, 2.24) is 15.1 Å². The molecule has 1 heterocycles. The van der Waals surface area contributed by atoms with Gasteiger partial charge in [0.15, 0.2) is 0 Å². The number of carbonyl (C=O) groups excluding carboxylic acids is 2. The third-order valence-corrected chi connectivity index (χ3v) is 4.10. The number of nitrogens with zero attached hydrogens (tertiary/aromatic N) is 2. The van der Waals surface area contributed by atoms with Crippen molar-refractivity contribution in [2.75, 3.05) is 33.3 Å². The smallest absolute Gasteiger partial charge is 0.409 e. The molecule has 2 rings (SSSR count). The molecule has 1 N–H and O–H groups in total. The van der Waals surface area contributed by atoms with Crippen LogP contribution in [0.2, 0.25) is 0 Å². The molecule has 0 atom stereocenters. The van der Waals surface area contributed by atoms with Crippen molar-refractivity contribution in [2.45, 2.75) is 0 Å². The van der Waals surface area contributed by atoms with Crippen molar-refractivity contribution in [3.63, 3.8) is 0 Å². The summed E-state index contributed by atoms with van der Waals surface area (Å²) in [4.78, 5) is 26.7. The summed E-state index contributed by atoms with van der Waals surface area (Å²) in [7, 11) is 1.36. The Hall–Kier alpha value is -2.02. The molecule has 0 unspecified atom stereocenters. The summed E-state index contributed by atoms with van der Waals surface area (Å²) in [6.45, 7) is 1.94. The van der Waals surface area contributed by atoms with Crippen LogP contribution in [0.4, 0.5) is 9.59 Å². The second kappa shape index (κ2) is 7.84. The molecule has 1 fully saturated rings. The molecule has 22 heavy (non-hydrogen) atoms. The van der Waals surface area contributed by atoms with Gasteiger partial charge in [0.05, 0.1) is 7.11 Å². The van der Waals surface area contributed by atoms with Crippen LogP contribution in [0.25, 0.3) is 6.08 Å². The van der Waals surface area contributed by atoms with Gasteiger partial charge >= 0.3 is 12.1 Å². The average Bonchev–Trinajstić information content (AvgIpc) is 2.56. The number of ether oxygens (including phenoxy) is 1. The quantitative estimate of drug-likeness (QED) is 0.873. The highest BCUT2D eigenvalue weighted by Gasteiger charge is 2.23. The second-order valence-electron chi connectivity index (χ2n) is 4.75. The molecule has 0 spiro atoms. The molecule has 118 valence electrons. The SMILES string of the molecule is COC(=O)N1CCN(C(=O)N/C=C/c2ccccc2Br)CC1. The van der Waals surface area contributed by atoms with E-state index in [9.17, 15) is 9.59 Å². The maximum absolute atomic E-state index is 12.0. The molecular formula is C15H18BrN3O3. The van der Waals surface area contributed by atoms with Crippen molar-refractivity contribution >= 4 is 34.1 Å². The fourth-order valence-corrected chi connectivity index (χ4v) is 2.54. The summed E-state index contributed by atoms with van der Waals surface area (Å²) in [5.74, 6) is 0. The van der Waals surface area contributed by atoms with Crippen LogP contribution in [0.1, 0.15) is 5.56 Å². The van der Waals surface area contributed by atoms with Gasteiger partial charge in [-0.2, -0.15) is 0 Å². The number of benzene rings is 1. The van der Waals surface area contributed by atoms with Gasteiger partial charge in [0.2, 0.25) is 0 Å². The number of piperazine rings is 1. The molecule has 6 nitrogen and oxygen atoms in total. The third-order valence-electron chi connectivity index (χ3n) is 3.37. The zero-order chi connectivity index (χ0) is 15.9. The number of urea groups is 1. The highest BCUT2D eigenvalue weighted by atomic mass is 79.9. The monoisotopic (exact) mass is 367 g/mol. The van der Waals surface area contributed by atoms with E-state index < -0.39 is 0 Å². The number of rotatable bonds is 2. The van der Waals surface area contributed by atoms with Crippen LogP contribution in [0.15, 0.2) is 34.9 Å². The van der Waals surface area contributed by atoms with E-state index in [2.05, 4.69) is 26.0 Å². The predicted molar refractivity (Wildman–Crippen MR) is 87.3 cm³/mol. The van der Waals surface area contributed by atoms with E-state index in [0.717, 1.165) is 10.0 Å². The Labute approximate surface area is 137 Å². The maximum atomic E-state index is 12.0. The zero-order valence-corrected chi connectivity index (χ0v) is 13.9. The Balaban J connectivity index is 1.81. The van der Waals surface area contributed by atoms with Crippen molar-refractivity contribution in [3.05, 3.63) is 40.5 Å². The normalized spacial score (nSPS) is 15.0. The number of carbonyl (C=O) groups is 2. The van der Waals surface area contributed by atoms with Crippen LogP contribution in [0, 0.1) is 0 Å². The molecule has 0 radical (unpaired) electrons. The van der Waals surface area contributed by atoms with Gasteiger partial charge in [-0.1, -0.05) is 34.1 Å². The first-order valence-corrected chi connectivity index (χ1v) is 7.70. The first kappa shape index (κ1) is 16.4. The van der Waals surface area contributed by atoms with Crippen LogP contribution < -0.4 is 5.32 Å². The van der Waals surface area contributed by atoms with E-state index in [4.69, 9.17) is 0 Å². The summed E-state index contributed by atoms with van der Waals surface area (Å²) in [6, 6.07) is 7.57. The standard InChI is InChI=1S/C15H18BrN3O3/c1-22-15(21)19-10-8-18(9-11-19)14(20)17-7-6-12-4-2-3-5-13(12)16/h2-7H,8-11H2,1H3,(H,17,20)/b7-6+. The minimum Gasteiger partial charge on any atom is -0.453 e. The van der Waals surface area contributed by atoms with Crippen molar-refractivity contribution in [1.29, 1.82) is 0 Å². The number of nitrogens with one attached hydrogen (secondary N) is 1. The molecule has 0 aliphatic carbocycles. The van der Waals surface area contributed by atoms with Gasteiger partial charge < -0.3 is 19.9 Å². The van der Waals surface area contributed by atoms with Gasteiger partial charge in [0, 0.05) is 36.9 Å². The molecular weight excluding hydrogens is 350 g/mol. The Kier molecular flexibility index (Phi) is 5.83. The van der Waals surface area contributed by atoms with Crippen molar-refractivity contribution in [2.24, 2.45) is 0 Å². The summed E-state index contributed by atoms with van der Waals surface area (Å²) in [5.41, 5.74) is 0.985. The number of hydrogen-bond donors (Lipinski definition) is 1. The lowest BCUT2D eigenvalue weighted by Crippen LogP contribution is -2.52. The summed E-state index contributed by atoms with van der Waals surface area (Å²) >= 11 is 3.44. The lowest BCUT2D eigenvalue weighted by molar-refractivity contribution is 0.0977. The first-order valence-electron chi connectivity index (χ1n) is 6.91. The summed E-state index contributed by atoms with van der Waals surface area (Å²) in [5, 5.41) is 2.74. The van der Waals surface area contributed by atoms with Gasteiger partial charge in [-0.3, -0.25) is 0 Å². The van der Waals surface area contributed by atoms with Crippen LogP contribution in [-0.4, -0.2) is 55.2 Å². The van der Waals surface area contributed by atoms with Gasteiger partial charge in [-0.25, -0.2) is 9.59 Å². The van der Waals surface area contributed by atoms with Crippen molar-refractivity contribution in [3.8, 4) is 0 Å². The second-order valence-corrected chi connectivity index (χ2v) is 5.60. The van der Waals surface area contributed by atoms with E-state index in [1.807, 2.05) is 30.3 Å². The molecule has 0 bridgehead atoms. The first-order chi connectivity index (χ1) is 10.6. The topological polar surface area (TPSA) is 61.9 Å². The molecule has 0 saturated carbocycles. The number of halogens is 1. The highest BCUT2D eigenvalue weighted by Crippen LogP contribution is 2.16. The van der Waals surface area contributed by atoms with Gasteiger partial charge in [0.1, 0.15) is 0 Å². The Bertz CT molecular complexity index is 569. The van der Waals surface area contributed by atoms with E-state index in [1.54, 1.807) is 16.0 Å². The summed E-state index contributed by atoms with van der Waals surface area (Å²) in [6.07, 6.45) is 3.09. The Morgan fingerprint density at radius 1 is 1.18 bits per heavy atom. The number of methoxy groups -OCH3 is 1. The van der Waals surface area contributed by atoms with Gasteiger partial charge in [0.25, 0.3) is 0 Å². The number of amides is 3. The summed E-state index contributed by atoms with van der Waals surface area (Å²) < 4.78 is 5.63. The van der Waals surface area contributed by atoms with E-state index >= 15 is 0 Å². The fourth-order valence-electron chi connectivity index (χ4n) is 2.13. The molecule has 1 aliphatic rings. The lowest BCUT2D eigenvalue weighted by Gasteiger charge is -2.33. The van der Waals surface area contributed by atoms with Crippen LogP contribution in [0.5, 0.6) is 0 Å². The van der Waals surface area contributed by atoms with E-state index in [1.165, 1.54) is 7.11 Å². The largest absolute Gasteiger partial charge is 0.453 e. The lowest BCUT2D eigenvalue weighted by atomic mass is 10.2. The number of hydrogen-bond acceptors (Lipinski definition) is 3. The molecule has 7 heteroatoms. The van der Waals surface area contributed by atoms with Crippen LogP contribution >= 0.6 is 15.9 Å². The molecule has 1 aromatic rings. The zero-order valence-electron chi connectivity index (χ0n) is 12.3. The average molecular weight is 368 g/mol. The van der Waals surface area contributed by atoms with Crippen molar-refractivity contribution < 1.29 is 14.3 Å². The molecule has 1 aromatic carbocycles. The molecule has 1 saturated heterocycles. The van der Waals surface area contributed by atoms with Gasteiger partial charge in [-0.05, 0) is 17.7 Å². The van der Waals surface area contributed by atoms with E-state index in [-0.39, 0.29) is 12.1 Å². The maximum Gasteiger partial charge on any atom is 0.409 e. The fraction of sp³-hybridized carbons (Fsp3) is 0.333. The van der Waals surface area contributed by atoms with Gasteiger partial charge in [-0.15, -0.1) is 0 Å². The molecule has 1 aliphatic heterocycles. The third kappa shape index (κ3) is 4.24. The Morgan fingerprint density at radius 3 is 2.45 bits per heavy atom. The van der Waals surface area contributed by atoms with E-state index in [0.29, 0.717) is 26.2 Å². The predicted octanol–water partition coefficient (Wildman–Crippen LogP) is 2.51. The Morgan fingerprint density at radius 2 is 1.82 bits per heavy atom. The molecule has 0 aromatic heterocycles. The van der Waals surface area contributed by atoms with Crippen LogP contribution in [-0.2, 0) is 4.74 Å². The minimum atomic E-state index is -0.353. The molecule has 3 amide bonds. The highest BCUT2D eigenvalue weighted by molar-refractivity contribution is 9.10. The van der Waals surface area contributed by atoms with Crippen LogP contribution in [0.3, 0.4) is 0 Å². The minimum absolute atomic E-state index is 0.173.